The predicted molar refractivity (Wildman–Crippen MR) is 92.7 cm³/mol. The Kier molecular flexibility index (Phi) is 4.28. The van der Waals surface area contributed by atoms with Crippen LogP contribution in [0.1, 0.15) is 0 Å². The molecule has 1 aromatic carbocycles. The van der Waals surface area contributed by atoms with Crippen LogP contribution in [0.25, 0.3) is 23.0 Å². The maximum absolute atomic E-state index is 11.5. The number of nitro benzene ring substituents is 1. The van der Waals surface area contributed by atoms with Crippen molar-refractivity contribution >= 4 is 11.4 Å². The molecule has 26 heavy (non-hydrogen) atoms. The molecule has 0 atom stereocenters. The molecule has 0 radical (unpaired) electrons. The van der Waals surface area contributed by atoms with E-state index in [9.17, 15) is 10.1 Å². The number of morpholine rings is 1. The monoisotopic (exact) mass is 353 g/mol. The highest BCUT2D eigenvalue weighted by molar-refractivity contribution is 5.71. The SMILES string of the molecule is O=[N+]([O-])c1cc(-c2noc(-c3ccccn3)n2)ccc1N1CCOCC1. The highest BCUT2D eigenvalue weighted by Gasteiger charge is 2.23. The van der Waals surface area contributed by atoms with Crippen LogP contribution >= 0.6 is 0 Å². The Balaban J connectivity index is 1.68. The zero-order valence-electron chi connectivity index (χ0n) is 13.7. The van der Waals surface area contributed by atoms with Gasteiger partial charge in [-0.1, -0.05) is 11.2 Å². The second-order valence-electron chi connectivity index (χ2n) is 5.70. The average Bonchev–Trinajstić information content (AvgIpc) is 3.19. The molecule has 1 aliphatic rings. The lowest BCUT2D eigenvalue weighted by atomic mass is 10.1. The smallest absolute Gasteiger partial charge is 0.293 e. The minimum absolute atomic E-state index is 0.00795. The molecule has 1 fully saturated rings. The normalized spacial score (nSPS) is 14.4. The molecule has 132 valence electrons. The molecule has 0 saturated carbocycles. The van der Waals surface area contributed by atoms with E-state index in [4.69, 9.17) is 9.26 Å². The summed E-state index contributed by atoms with van der Waals surface area (Å²) in [5.74, 6) is 0.544. The molecule has 4 rings (SSSR count). The second kappa shape index (κ2) is 6.89. The first kappa shape index (κ1) is 16.2. The van der Waals surface area contributed by atoms with Crippen molar-refractivity contribution in [3.8, 4) is 23.0 Å². The summed E-state index contributed by atoms with van der Waals surface area (Å²) >= 11 is 0. The van der Waals surface area contributed by atoms with Crippen molar-refractivity contribution in [3.63, 3.8) is 0 Å². The molecule has 0 amide bonds. The zero-order chi connectivity index (χ0) is 17.9. The first-order valence-corrected chi connectivity index (χ1v) is 8.09. The van der Waals surface area contributed by atoms with Gasteiger partial charge in [-0.05, 0) is 24.3 Å². The van der Waals surface area contributed by atoms with Gasteiger partial charge in [-0.2, -0.15) is 4.98 Å². The second-order valence-corrected chi connectivity index (χ2v) is 5.70. The third-order valence-electron chi connectivity index (χ3n) is 4.09. The maximum Gasteiger partial charge on any atom is 0.293 e. The fraction of sp³-hybridized carbons (Fsp3) is 0.235. The summed E-state index contributed by atoms with van der Waals surface area (Å²) in [4.78, 5) is 21.5. The summed E-state index contributed by atoms with van der Waals surface area (Å²) < 4.78 is 10.5. The minimum Gasteiger partial charge on any atom is -0.378 e. The lowest BCUT2D eigenvalue weighted by molar-refractivity contribution is -0.384. The van der Waals surface area contributed by atoms with Crippen molar-refractivity contribution in [1.82, 2.24) is 15.1 Å². The van der Waals surface area contributed by atoms with Crippen LogP contribution < -0.4 is 4.90 Å². The van der Waals surface area contributed by atoms with Gasteiger partial charge in [0, 0.05) is 30.9 Å². The van der Waals surface area contributed by atoms with E-state index in [1.54, 1.807) is 30.5 Å². The van der Waals surface area contributed by atoms with Gasteiger partial charge in [-0.15, -0.1) is 0 Å². The Morgan fingerprint density at radius 3 is 2.73 bits per heavy atom. The van der Waals surface area contributed by atoms with E-state index in [1.165, 1.54) is 6.07 Å². The fourth-order valence-electron chi connectivity index (χ4n) is 2.81. The topological polar surface area (TPSA) is 107 Å². The summed E-state index contributed by atoms with van der Waals surface area (Å²) in [6.07, 6.45) is 1.63. The van der Waals surface area contributed by atoms with Gasteiger partial charge in [0.1, 0.15) is 11.4 Å². The molecule has 0 spiro atoms. The number of ether oxygens (including phenoxy) is 1. The summed E-state index contributed by atoms with van der Waals surface area (Å²) in [6.45, 7) is 2.34. The van der Waals surface area contributed by atoms with Gasteiger partial charge in [0.25, 0.3) is 11.6 Å². The molecule has 3 heterocycles. The van der Waals surface area contributed by atoms with Crippen LogP contribution in [0, 0.1) is 10.1 Å². The first-order valence-electron chi connectivity index (χ1n) is 8.09. The van der Waals surface area contributed by atoms with Gasteiger partial charge in [-0.25, -0.2) is 0 Å². The Labute approximate surface area is 148 Å². The van der Waals surface area contributed by atoms with Crippen LogP contribution in [0.3, 0.4) is 0 Å². The molecule has 0 N–H and O–H groups in total. The zero-order valence-corrected chi connectivity index (χ0v) is 13.7. The third kappa shape index (κ3) is 3.11. The molecule has 3 aromatic rings. The first-order chi connectivity index (χ1) is 12.7. The molecule has 9 nitrogen and oxygen atoms in total. The highest BCUT2D eigenvalue weighted by Crippen LogP contribution is 2.33. The van der Waals surface area contributed by atoms with Gasteiger partial charge >= 0.3 is 0 Å². The molecule has 0 unspecified atom stereocenters. The van der Waals surface area contributed by atoms with E-state index in [-0.39, 0.29) is 17.4 Å². The van der Waals surface area contributed by atoms with Gasteiger partial charge in [0.15, 0.2) is 0 Å². The van der Waals surface area contributed by atoms with Crippen molar-refractivity contribution in [1.29, 1.82) is 0 Å². The Morgan fingerprint density at radius 2 is 2.00 bits per heavy atom. The van der Waals surface area contributed by atoms with E-state index in [1.807, 2.05) is 11.0 Å². The van der Waals surface area contributed by atoms with Crippen molar-refractivity contribution in [2.45, 2.75) is 0 Å². The summed E-state index contributed by atoms with van der Waals surface area (Å²) in [7, 11) is 0. The molecule has 0 aliphatic carbocycles. The van der Waals surface area contributed by atoms with Gasteiger partial charge in [0.05, 0.1) is 18.1 Å². The van der Waals surface area contributed by atoms with Crippen LogP contribution in [0.5, 0.6) is 0 Å². The number of anilines is 1. The van der Waals surface area contributed by atoms with E-state index in [0.29, 0.717) is 43.2 Å². The van der Waals surface area contributed by atoms with E-state index < -0.39 is 4.92 Å². The van der Waals surface area contributed by atoms with E-state index in [2.05, 4.69) is 15.1 Å². The van der Waals surface area contributed by atoms with Crippen LogP contribution in [0.4, 0.5) is 11.4 Å². The minimum atomic E-state index is -0.395. The molecular weight excluding hydrogens is 338 g/mol. The predicted octanol–water partition coefficient (Wildman–Crippen LogP) is 2.54. The quantitative estimate of drug-likeness (QED) is 0.520. The number of hydrogen-bond acceptors (Lipinski definition) is 8. The number of rotatable bonds is 4. The molecule has 0 bridgehead atoms. The summed E-state index contributed by atoms with van der Waals surface area (Å²) in [6, 6.07) is 10.3. The largest absolute Gasteiger partial charge is 0.378 e. The van der Waals surface area contributed by atoms with E-state index >= 15 is 0 Å². The number of hydrogen-bond donors (Lipinski definition) is 0. The number of aromatic nitrogens is 3. The summed E-state index contributed by atoms with van der Waals surface area (Å²) in [5, 5.41) is 15.5. The Hall–Kier alpha value is -3.33. The number of nitrogens with zero attached hydrogens (tertiary/aromatic N) is 5. The standard InChI is InChI=1S/C17H15N5O4/c23-22(24)15-11-12(4-5-14(15)21-7-9-25-10-8-21)16-19-17(26-20-16)13-3-1-2-6-18-13/h1-6,11H,7-10H2. The Morgan fingerprint density at radius 1 is 1.15 bits per heavy atom. The molecule has 2 aromatic heterocycles. The van der Waals surface area contributed by atoms with Crippen molar-refractivity contribution in [2.75, 3.05) is 31.2 Å². The maximum atomic E-state index is 11.5. The number of nitro groups is 1. The van der Waals surface area contributed by atoms with E-state index in [0.717, 1.165) is 0 Å². The number of pyridine rings is 1. The lowest BCUT2D eigenvalue weighted by Gasteiger charge is -2.28. The Bertz CT molecular complexity index is 922. The fourth-order valence-corrected chi connectivity index (χ4v) is 2.81. The average molecular weight is 353 g/mol. The van der Waals surface area contributed by atoms with Crippen LogP contribution in [-0.4, -0.2) is 46.4 Å². The lowest BCUT2D eigenvalue weighted by Crippen LogP contribution is -2.36. The molecule has 9 heteroatoms. The van der Waals surface area contributed by atoms with Gasteiger partial charge < -0.3 is 14.2 Å². The summed E-state index contributed by atoms with van der Waals surface area (Å²) in [5.41, 5.74) is 1.63. The van der Waals surface area contributed by atoms with Crippen LogP contribution in [0.2, 0.25) is 0 Å². The third-order valence-corrected chi connectivity index (χ3v) is 4.09. The number of benzene rings is 1. The van der Waals surface area contributed by atoms with Gasteiger partial charge in [-0.3, -0.25) is 15.1 Å². The van der Waals surface area contributed by atoms with Gasteiger partial charge in [0.2, 0.25) is 5.82 Å². The van der Waals surface area contributed by atoms with Crippen LogP contribution in [-0.2, 0) is 4.74 Å². The van der Waals surface area contributed by atoms with Crippen molar-refractivity contribution in [2.24, 2.45) is 0 Å². The van der Waals surface area contributed by atoms with Crippen molar-refractivity contribution < 1.29 is 14.2 Å². The molecule has 1 aliphatic heterocycles. The molecule has 1 saturated heterocycles. The van der Waals surface area contributed by atoms with Crippen molar-refractivity contribution in [3.05, 3.63) is 52.7 Å². The highest BCUT2D eigenvalue weighted by atomic mass is 16.6. The van der Waals surface area contributed by atoms with Crippen LogP contribution in [0.15, 0.2) is 47.1 Å². The molecular formula is C17H15N5O4.